The summed E-state index contributed by atoms with van der Waals surface area (Å²) in [6.07, 6.45) is -1.99. The molecule has 1 aromatic carbocycles. The predicted molar refractivity (Wildman–Crippen MR) is 93.5 cm³/mol. The number of halogens is 3. The molecule has 2 aromatic heterocycles. The van der Waals surface area contributed by atoms with E-state index in [-0.39, 0.29) is 19.1 Å². The van der Waals surface area contributed by atoms with Crippen LogP contribution in [0.4, 0.5) is 13.2 Å². The molecule has 8 heteroatoms. The molecular formula is C19H18F3N3O2. The summed E-state index contributed by atoms with van der Waals surface area (Å²) in [4.78, 5) is 16.2. The number of alkyl halides is 3. The fourth-order valence-electron chi connectivity index (χ4n) is 2.54. The number of pyridine rings is 1. The third-order valence-electron chi connectivity index (χ3n) is 4.00. The van der Waals surface area contributed by atoms with Crippen LogP contribution in [0.25, 0.3) is 5.65 Å². The second-order valence-corrected chi connectivity index (χ2v) is 6.25. The number of aromatic nitrogens is 2. The maximum atomic E-state index is 12.7. The first-order chi connectivity index (χ1) is 12.7. The minimum Gasteiger partial charge on any atom is -0.483 e. The van der Waals surface area contributed by atoms with Crippen LogP contribution >= 0.6 is 0 Å². The Morgan fingerprint density at radius 3 is 2.70 bits per heavy atom. The van der Waals surface area contributed by atoms with Gasteiger partial charge in [0, 0.05) is 12.4 Å². The molecule has 0 fully saturated rings. The molecule has 3 rings (SSSR count). The van der Waals surface area contributed by atoms with Crippen molar-refractivity contribution in [1.82, 2.24) is 14.7 Å². The van der Waals surface area contributed by atoms with Gasteiger partial charge < -0.3 is 14.5 Å². The Balaban J connectivity index is 1.59. The lowest BCUT2D eigenvalue weighted by molar-refractivity contribution is -0.137. The van der Waals surface area contributed by atoms with Gasteiger partial charge in [-0.1, -0.05) is 12.1 Å². The summed E-state index contributed by atoms with van der Waals surface area (Å²) >= 11 is 0. The number of carbonyl (C=O) groups is 1. The zero-order valence-corrected chi connectivity index (χ0v) is 14.8. The summed E-state index contributed by atoms with van der Waals surface area (Å²) in [7, 11) is 0. The fraction of sp³-hybridized carbons (Fsp3) is 0.263. The Morgan fingerprint density at radius 1 is 1.19 bits per heavy atom. The van der Waals surface area contributed by atoms with Gasteiger partial charge in [-0.15, -0.1) is 0 Å². The largest absolute Gasteiger partial charge is 0.483 e. The number of benzene rings is 1. The highest BCUT2D eigenvalue weighted by molar-refractivity contribution is 5.77. The number of carbonyl (C=O) groups excluding carboxylic acids is 1. The van der Waals surface area contributed by atoms with Crippen molar-refractivity contribution in [1.29, 1.82) is 0 Å². The number of hydrogen-bond acceptors (Lipinski definition) is 3. The van der Waals surface area contributed by atoms with Gasteiger partial charge in [-0.2, -0.15) is 13.2 Å². The molecule has 0 aliphatic rings. The zero-order valence-electron chi connectivity index (χ0n) is 14.8. The summed E-state index contributed by atoms with van der Waals surface area (Å²) in [5.41, 5.74) is 2.02. The molecular weight excluding hydrogens is 359 g/mol. The van der Waals surface area contributed by atoms with Gasteiger partial charge in [0.05, 0.1) is 17.8 Å². The van der Waals surface area contributed by atoms with E-state index in [1.807, 2.05) is 32.0 Å². The monoisotopic (exact) mass is 377 g/mol. The maximum absolute atomic E-state index is 12.7. The molecule has 0 atom stereocenters. The van der Waals surface area contributed by atoms with Crippen molar-refractivity contribution in [3.05, 3.63) is 65.1 Å². The Kier molecular flexibility index (Phi) is 5.07. The van der Waals surface area contributed by atoms with Crippen LogP contribution in [0.15, 0.2) is 42.7 Å². The summed E-state index contributed by atoms with van der Waals surface area (Å²) in [5.74, 6) is 0.293. The molecule has 0 aliphatic heterocycles. The van der Waals surface area contributed by atoms with E-state index in [0.29, 0.717) is 17.1 Å². The van der Waals surface area contributed by atoms with Gasteiger partial charge in [0.2, 0.25) is 0 Å². The highest BCUT2D eigenvalue weighted by Crippen LogP contribution is 2.29. The Morgan fingerprint density at radius 2 is 1.96 bits per heavy atom. The van der Waals surface area contributed by atoms with Gasteiger partial charge in [-0.25, -0.2) is 4.98 Å². The van der Waals surface area contributed by atoms with E-state index in [2.05, 4.69) is 10.3 Å². The number of ether oxygens (including phenoxy) is 1. The summed E-state index contributed by atoms with van der Waals surface area (Å²) in [6.45, 7) is 3.76. The van der Waals surface area contributed by atoms with Gasteiger partial charge >= 0.3 is 6.18 Å². The SMILES string of the molecule is Cc1ccc(C)c(OCC(=O)NCc2cn3cc(C(F)(F)F)ccc3n2)c1. The van der Waals surface area contributed by atoms with Crippen LogP contribution in [0.3, 0.4) is 0 Å². The summed E-state index contributed by atoms with van der Waals surface area (Å²) in [6, 6.07) is 7.98. The molecule has 0 aliphatic carbocycles. The van der Waals surface area contributed by atoms with E-state index < -0.39 is 11.7 Å². The second-order valence-electron chi connectivity index (χ2n) is 6.25. The summed E-state index contributed by atoms with van der Waals surface area (Å²) in [5, 5.41) is 2.65. The van der Waals surface area contributed by atoms with Gasteiger partial charge in [0.1, 0.15) is 11.4 Å². The number of amides is 1. The first-order valence-corrected chi connectivity index (χ1v) is 8.24. The lowest BCUT2D eigenvalue weighted by Gasteiger charge is -2.09. The second kappa shape index (κ2) is 7.30. The first kappa shape index (κ1) is 18.8. The van der Waals surface area contributed by atoms with Crippen molar-refractivity contribution in [2.75, 3.05) is 6.61 Å². The predicted octanol–water partition coefficient (Wildman–Crippen LogP) is 3.67. The lowest BCUT2D eigenvalue weighted by Crippen LogP contribution is -2.28. The van der Waals surface area contributed by atoms with Gasteiger partial charge in [0.25, 0.3) is 5.91 Å². The van der Waals surface area contributed by atoms with Crippen molar-refractivity contribution in [3.63, 3.8) is 0 Å². The van der Waals surface area contributed by atoms with E-state index in [1.165, 1.54) is 16.7 Å². The van der Waals surface area contributed by atoms with Crippen molar-refractivity contribution in [2.24, 2.45) is 0 Å². The third-order valence-corrected chi connectivity index (χ3v) is 4.00. The molecule has 0 spiro atoms. The molecule has 1 N–H and O–H groups in total. The average Bonchev–Trinajstić information content (AvgIpc) is 3.02. The van der Waals surface area contributed by atoms with Gasteiger partial charge in [-0.05, 0) is 43.2 Å². The number of fused-ring (bicyclic) bond motifs is 1. The maximum Gasteiger partial charge on any atom is 0.417 e. The number of nitrogens with one attached hydrogen (secondary N) is 1. The van der Waals surface area contributed by atoms with E-state index >= 15 is 0 Å². The van der Waals surface area contributed by atoms with Crippen molar-refractivity contribution >= 4 is 11.6 Å². The zero-order chi connectivity index (χ0) is 19.6. The molecule has 27 heavy (non-hydrogen) atoms. The highest BCUT2D eigenvalue weighted by atomic mass is 19.4. The van der Waals surface area contributed by atoms with Crippen LogP contribution in [-0.2, 0) is 17.5 Å². The van der Waals surface area contributed by atoms with Crippen LogP contribution in [0.2, 0.25) is 0 Å². The number of hydrogen-bond donors (Lipinski definition) is 1. The number of imidazole rings is 1. The molecule has 3 aromatic rings. The van der Waals surface area contributed by atoms with Crippen molar-refractivity contribution in [3.8, 4) is 5.75 Å². The molecule has 1 amide bonds. The van der Waals surface area contributed by atoms with Crippen LogP contribution in [0.5, 0.6) is 5.75 Å². The molecule has 0 bridgehead atoms. The molecule has 5 nitrogen and oxygen atoms in total. The van der Waals surface area contributed by atoms with E-state index in [0.717, 1.165) is 23.4 Å². The quantitative estimate of drug-likeness (QED) is 0.738. The van der Waals surface area contributed by atoms with E-state index in [4.69, 9.17) is 4.74 Å². The van der Waals surface area contributed by atoms with E-state index in [9.17, 15) is 18.0 Å². The van der Waals surface area contributed by atoms with Crippen LogP contribution in [0, 0.1) is 13.8 Å². The number of nitrogens with zero attached hydrogens (tertiary/aromatic N) is 2. The third kappa shape index (κ3) is 4.58. The fourth-order valence-corrected chi connectivity index (χ4v) is 2.54. The molecule has 0 radical (unpaired) electrons. The minimum absolute atomic E-state index is 0.0953. The van der Waals surface area contributed by atoms with Crippen molar-refractivity contribution < 1.29 is 22.7 Å². The first-order valence-electron chi connectivity index (χ1n) is 8.24. The van der Waals surface area contributed by atoms with Gasteiger partial charge in [0.15, 0.2) is 6.61 Å². The highest BCUT2D eigenvalue weighted by Gasteiger charge is 2.30. The topological polar surface area (TPSA) is 55.6 Å². The Labute approximate surface area is 153 Å². The summed E-state index contributed by atoms with van der Waals surface area (Å²) < 4.78 is 45.1. The molecule has 0 saturated carbocycles. The minimum atomic E-state index is -4.42. The average molecular weight is 377 g/mol. The Hall–Kier alpha value is -3.03. The molecule has 2 heterocycles. The van der Waals surface area contributed by atoms with Crippen LogP contribution in [-0.4, -0.2) is 21.9 Å². The van der Waals surface area contributed by atoms with Crippen molar-refractivity contribution in [2.45, 2.75) is 26.6 Å². The van der Waals surface area contributed by atoms with Gasteiger partial charge in [-0.3, -0.25) is 4.79 Å². The normalized spacial score (nSPS) is 11.6. The molecule has 142 valence electrons. The smallest absolute Gasteiger partial charge is 0.417 e. The van der Waals surface area contributed by atoms with Crippen LogP contribution < -0.4 is 10.1 Å². The van der Waals surface area contributed by atoms with E-state index in [1.54, 1.807) is 0 Å². The molecule has 0 unspecified atom stereocenters. The lowest BCUT2D eigenvalue weighted by atomic mass is 10.1. The number of rotatable bonds is 5. The van der Waals surface area contributed by atoms with Crippen LogP contribution in [0.1, 0.15) is 22.4 Å². The standard InChI is InChI=1S/C19H18F3N3O2/c1-12-3-4-13(2)16(7-12)27-11-18(26)23-8-15-10-25-9-14(19(20,21)22)5-6-17(25)24-15/h3-7,9-10H,8,11H2,1-2H3,(H,23,26). The number of aryl methyl sites for hydroxylation is 2. The molecule has 0 saturated heterocycles. The Bertz CT molecular complexity index is 980.